The van der Waals surface area contributed by atoms with Crippen LogP contribution < -0.4 is 5.32 Å². The molecule has 0 amide bonds. The van der Waals surface area contributed by atoms with Gasteiger partial charge in [-0.3, -0.25) is 4.90 Å². The van der Waals surface area contributed by atoms with Crippen molar-refractivity contribution in [3.63, 3.8) is 0 Å². The van der Waals surface area contributed by atoms with Crippen molar-refractivity contribution in [2.75, 3.05) is 13.6 Å². The van der Waals surface area contributed by atoms with Crippen LogP contribution >= 0.6 is 0 Å². The molecular weight excluding hydrogens is 244 g/mol. The van der Waals surface area contributed by atoms with E-state index >= 15 is 0 Å². The minimum atomic E-state index is 0.542. The third kappa shape index (κ3) is 2.92. The third-order valence-corrected chi connectivity index (χ3v) is 6.44. The van der Waals surface area contributed by atoms with Crippen molar-refractivity contribution in [2.24, 2.45) is 11.3 Å². The van der Waals surface area contributed by atoms with Crippen molar-refractivity contribution < 1.29 is 0 Å². The van der Waals surface area contributed by atoms with Crippen molar-refractivity contribution in [2.45, 2.75) is 89.8 Å². The maximum absolute atomic E-state index is 3.64. The molecule has 0 radical (unpaired) electrons. The average molecular weight is 278 g/mol. The van der Waals surface area contributed by atoms with Gasteiger partial charge >= 0.3 is 0 Å². The molecule has 3 fully saturated rings. The molecule has 0 aromatic heterocycles. The Morgan fingerprint density at radius 3 is 2.40 bits per heavy atom. The molecule has 3 aliphatic rings. The molecule has 1 N–H and O–H groups in total. The van der Waals surface area contributed by atoms with Crippen LogP contribution in [0.4, 0.5) is 0 Å². The molecule has 2 saturated carbocycles. The van der Waals surface area contributed by atoms with Crippen molar-refractivity contribution in [1.29, 1.82) is 0 Å². The summed E-state index contributed by atoms with van der Waals surface area (Å²) >= 11 is 0. The summed E-state index contributed by atoms with van der Waals surface area (Å²) < 4.78 is 0. The largest absolute Gasteiger partial charge is 0.315 e. The summed E-state index contributed by atoms with van der Waals surface area (Å²) in [5.74, 6) is 1.01. The van der Waals surface area contributed by atoms with Crippen molar-refractivity contribution in [3.8, 4) is 0 Å². The number of nitrogens with one attached hydrogen (secondary N) is 1. The molecule has 0 aromatic carbocycles. The predicted octanol–water partition coefficient (Wildman–Crippen LogP) is 3.81. The summed E-state index contributed by atoms with van der Waals surface area (Å²) in [5.41, 5.74) is 0.542. The summed E-state index contributed by atoms with van der Waals surface area (Å²) in [6.45, 7) is 6.32. The Balaban J connectivity index is 1.73. The topological polar surface area (TPSA) is 15.3 Å². The van der Waals surface area contributed by atoms with Crippen LogP contribution in [0, 0.1) is 11.3 Å². The highest BCUT2D eigenvalue weighted by Gasteiger charge is 2.43. The Labute approximate surface area is 125 Å². The molecule has 3 atom stereocenters. The second kappa shape index (κ2) is 5.96. The molecule has 0 bridgehead atoms. The van der Waals surface area contributed by atoms with Gasteiger partial charge in [-0.25, -0.2) is 0 Å². The molecule has 0 aromatic rings. The molecule has 1 heterocycles. The molecule has 3 rings (SSSR count). The Morgan fingerprint density at radius 1 is 0.950 bits per heavy atom. The normalized spacial score (nSPS) is 39.5. The lowest BCUT2D eigenvalue weighted by Gasteiger charge is -2.47. The fraction of sp³-hybridized carbons (Fsp3) is 1.00. The second-order valence-corrected chi connectivity index (χ2v) is 8.36. The van der Waals surface area contributed by atoms with E-state index in [-0.39, 0.29) is 0 Å². The first-order valence-corrected chi connectivity index (χ1v) is 9.04. The first-order valence-electron chi connectivity index (χ1n) is 9.04. The van der Waals surface area contributed by atoms with Gasteiger partial charge in [-0.05, 0) is 69.9 Å². The van der Waals surface area contributed by atoms with E-state index in [1.54, 1.807) is 0 Å². The van der Waals surface area contributed by atoms with E-state index in [9.17, 15) is 0 Å². The molecule has 2 aliphatic carbocycles. The van der Waals surface area contributed by atoms with Gasteiger partial charge < -0.3 is 5.32 Å². The van der Waals surface area contributed by atoms with Gasteiger partial charge in [-0.1, -0.05) is 26.7 Å². The van der Waals surface area contributed by atoms with Crippen LogP contribution in [0.5, 0.6) is 0 Å². The smallest absolute Gasteiger partial charge is 0.0257 e. The van der Waals surface area contributed by atoms with Crippen LogP contribution in [-0.4, -0.2) is 36.6 Å². The number of rotatable bonds is 3. The molecule has 116 valence electrons. The summed E-state index contributed by atoms with van der Waals surface area (Å²) in [5, 5.41) is 3.64. The molecule has 3 unspecified atom stereocenters. The fourth-order valence-corrected chi connectivity index (χ4v) is 5.31. The third-order valence-electron chi connectivity index (χ3n) is 6.44. The molecule has 2 heteroatoms. The van der Waals surface area contributed by atoms with E-state index in [2.05, 4.69) is 31.1 Å². The van der Waals surface area contributed by atoms with Gasteiger partial charge in [0.25, 0.3) is 0 Å². The summed E-state index contributed by atoms with van der Waals surface area (Å²) in [4.78, 5) is 2.94. The van der Waals surface area contributed by atoms with E-state index in [4.69, 9.17) is 0 Å². The Morgan fingerprint density at radius 2 is 1.70 bits per heavy atom. The Bertz CT molecular complexity index is 319. The van der Waals surface area contributed by atoms with Crippen molar-refractivity contribution >= 4 is 0 Å². The lowest BCUT2D eigenvalue weighted by Crippen LogP contribution is -2.56. The van der Waals surface area contributed by atoms with Gasteiger partial charge in [0.1, 0.15) is 0 Å². The van der Waals surface area contributed by atoms with Crippen LogP contribution in [0.25, 0.3) is 0 Å². The lowest BCUT2D eigenvalue weighted by atomic mass is 9.72. The van der Waals surface area contributed by atoms with Crippen LogP contribution in [-0.2, 0) is 0 Å². The minimum Gasteiger partial charge on any atom is -0.315 e. The molecule has 0 spiro atoms. The molecule has 1 saturated heterocycles. The summed E-state index contributed by atoms with van der Waals surface area (Å²) in [6, 6.07) is 2.43. The zero-order valence-electron chi connectivity index (χ0n) is 13.8. The highest BCUT2D eigenvalue weighted by atomic mass is 15.2. The zero-order chi connectivity index (χ0) is 14.2. The number of hydrogen-bond acceptors (Lipinski definition) is 2. The van der Waals surface area contributed by atoms with E-state index in [1.165, 1.54) is 64.3 Å². The standard InChI is InChI=1S/C18H34N2/c1-18(2)11-10-15(19-3)17(13-18)20-12-6-9-16(20)14-7-4-5-8-14/h14-17,19H,4-13H2,1-3H3. The molecule has 1 aliphatic heterocycles. The average Bonchev–Trinajstić information content (AvgIpc) is 3.08. The van der Waals surface area contributed by atoms with Gasteiger partial charge in [0.15, 0.2) is 0 Å². The van der Waals surface area contributed by atoms with Crippen molar-refractivity contribution in [1.82, 2.24) is 10.2 Å². The van der Waals surface area contributed by atoms with Gasteiger partial charge in [0.05, 0.1) is 0 Å². The van der Waals surface area contributed by atoms with Crippen LogP contribution in [0.1, 0.15) is 71.6 Å². The van der Waals surface area contributed by atoms with Gasteiger partial charge in [0.2, 0.25) is 0 Å². The van der Waals surface area contributed by atoms with Crippen LogP contribution in [0.2, 0.25) is 0 Å². The van der Waals surface area contributed by atoms with Gasteiger partial charge in [-0.2, -0.15) is 0 Å². The van der Waals surface area contributed by atoms with Gasteiger partial charge in [-0.15, -0.1) is 0 Å². The van der Waals surface area contributed by atoms with E-state index in [0.29, 0.717) is 5.41 Å². The summed E-state index contributed by atoms with van der Waals surface area (Å²) in [6.07, 6.45) is 13.0. The monoisotopic (exact) mass is 278 g/mol. The quantitative estimate of drug-likeness (QED) is 0.844. The molecular formula is C18H34N2. The maximum atomic E-state index is 3.64. The maximum Gasteiger partial charge on any atom is 0.0257 e. The predicted molar refractivity (Wildman–Crippen MR) is 86.0 cm³/mol. The van der Waals surface area contributed by atoms with E-state index in [1.807, 2.05) is 0 Å². The van der Waals surface area contributed by atoms with Crippen LogP contribution in [0.3, 0.4) is 0 Å². The minimum absolute atomic E-state index is 0.542. The highest BCUT2D eigenvalue weighted by Crippen LogP contribution is 2.42. The Hall–Kier alpha value is -0.0800. The lowest BCUT2D eigenvalue weighted by molar-refractivity contribution is 0.0425. The first-order chi connectivity index (χ1) is 9.61. The van der Waals surface area contributed by atoms with Crippen molar-refractivity contribution in [3.05, 3.63) is 0 Å². The first kappa shape index (κ1) is 14.8. The Kier molecular flexibility index (Phi) is 4.42. The number of nitrogens with zero attached hydrogens (tertiary/aromatic N) is 1. The fourth-order valence-electron chi connectivity index (χ4n) is 5.31. The number of hydrogen-bond donors (Lipinski definition) is 1. The van der Waals surface area contributed by atoms with Crippen LogP contribution in [0.15, 0.2) is 0 Å². The molecule has 20 heavy (non-hydrogen) atoms. The highest BCUT2D eigenvalue weighted by molar-refractivity contribution is 4.99. The second-order valence-electron chi connectivity index (χ2n) is 8.36. The summed E-state index contributed by atoms with van der Waals surface area (Å²) in [7, 11) is 2.18. The number of likely N-dealkylation sites (N-methyl/N-ethyl adjacent to an activating group) is 1. The number of likely N-dealkylation sites (tertiary alicyclic amines) is 1. The zero-order valence-corrected chi connectivity index (χ0v) is 13.8. The SMILES string of the molecule is CNC1CCC(C)(C)CC1N1CCCC1C1CCCC1. The van der Waals surface area contributed by atoms with E-state index in [0.717, 1.165) is 24.0 Å². The molecule has 2 nitrogen and oxygen atoms in total. The van der Waals surface area contributed by atoms with E-state index < -0.39 is 0 Å². The van der Waals surface area contributed by atoms with Gasteiger partial charge in [0, 0.05) is 18.1 Å².